The molecule has 1 amide bonds. The van der Waals surface area contributed by atoms with Gasteiger partial charge in [-0.05, 0) is 51.0 Å². The summed E-state index contributed by atoms with van der Waals surface area (Å²) in [6.45, 7) is 3.03. The van der Waals surface area contributed by atoms with Crippen molar-refractivity contribution in [3.63, 3.8) is 0 Å². The molecule has 0 bridgehead atoms. The van der Waals surface area contributed by atoms with Crippen molar-refractivity contribution in [1.29, 1.82) is 0 Å². The first-order valence-electron chi connectivity index (χ1n) is 8.37. The molecule has 20 heavy (non-hydrogen) atoms. The Morgan fingerprint density at radius 1 is 0.950 bits per heavy atom. The van der Waals surface area contributed by atoms with Crippen molar-refractivity contribution in [1.82, 2.24) is 10.2 Å². The SMILES string of the molecule is Cl.O=C(C1CCCNC1)N1CCCC1C1CCCCC1. The van der Waals surface area contributed by atoms with Gasteiger partial charge in [-0.2, -0.15) is 0 Å². The Bertz CT molecular complexity index is 312. The zero-order chi connectivity index (χ0) is 13.1. The van der Waals surface area contributed by atoms with E-state index >= 15 is 0 Å². The summed E-state index contributed by atoms with van der Waals surface area (Å²) in [6.07, 6.45) is 11.6. The van der Waals surface area contributed by atoms with Gasteiger partial charge in [-0.1, -0.05) is 19.3 Å². The standard InChI is InChI=1S/C16H28N2O.ClH/c19-16(14-8-4-10-17-12-14)18-11-5-9-15(18)13-6-2-1-3-7-13;/h13-15,17H,1-12H2;1H. The van der Waals surface area contributed by atoms with Gasteiger partial charge in [-0.3, -0.25) is 4.79 Å². The molecule has 2 heterocycles. The zero-order valence-electron chi connectivity index (χ0n) is 12.5. The molecular weight excluding hydrogens is 272 g/mol. The van der Waals surface area contributed by atoms with Crippen molar-refractivity contribution >= 4 is 18.3 Å². The molecule has 0 radical (unpaired) electrons. The van der Waals surface area contributed by atoms with E-state index in [4.69, 9.17) is 0 Å². The van der Waals surface area contributed by atoms with Crippen LogP contribution in [-0.4, -0.2) is 36.5 Å². The number of halogens is 1. The van der Waals surface area contributed by atoms with Gasteiger partial charge in [0.05, 0.1) is 5.92 Å². The normalized spacial score (nSPS) is 31.9. The number of hydrogen-bond donors (Lipinski definition) is 1. The highest BCUT2D eigenvalue weighted by Gasteiger charge is 2.37. The van der Waals surface area contributed by atoms with Crippen molar-refractivity contribution in [2.45, 2.75) is 63.8 Å². The Kier molecular flexibility index (Phi) is 6.16. The number of piperidine rings is 1. The fourth-order valence-corrected chi connectivity index (χ4v) is 4.37. The number of amides is 1. The Labute approximate surface area is 129 Å². The maximum absolute atomic E-state index is 12.7. The predicted molar refractivity (Wildman–Crippen MR) is 84.2 cm³/mol. The number of hydrogen-bond acceptors (Lipinski definition) is 2. The maximum atomic E-state index is 12.7. The third-order valence-corrected chi connectivity index (χ3v) is 5.42. The first-order valence-corrected chi connectivity index (χ1v) is 8.37. The molecule has 3 aliphatic rings. The molecule has 3 fully saturated rings. The van der Waals surface area contributed by atoms with Crippen LogP contribution < -0.4 is 5.32 Å². The number of rotatable bonds is 2. The van der Waals surface area contributed by atoms with Crippen molar-refractivity contribution in [2.75, 3.05) is 19.6 Å². The minimum Gasteiger partial charge on any atom is -0.339 e. The summed E-state index contributed by atoms with van der Waals surface area (Å²) in [6, 6.07) is 0.578. The summed E-state index contributed by atoms with van der Waals surface area (Å²) >= 11 is 0. The van der Waals surface area contributed by atoms with Gasteiger partial charge >= 0.3 is 0 Å². The summed E-state index contributed by atoms with van der Waals surface area (Å²) in [7, 11) is 0. The van der Waals surface area contributed by atoms with E-state index in [1.165, 1.54) is 51.4 Å². The molecule has 0 spiro atoms. The lowest BCUT2D eigenvalue weighted by molar-refractivity contribution is -0.138. The molecule has 2 atom stereocenters. The molecule has 116 valence electrons. The fourth-order valence-electron chi connectivity index (χ4n) is 4.37. The molecule has 2 aliphatic heterocycles. The number of carbonyl (C=O) groups is 1. The van der Waals surface area contributed by atoms with Crippen LogP contribution in [0.2, 0.25) is 0 Å². The quantitative estimate of drug-likeness (QED) is 0.850. The molecule has 1 N–H and O–H groups in total. The minimum atomic E-state index is 0. The summed E-state index contributed by atoms with van der Waals surface area (Å²) in [5, 5.41) is 3.39. The van der Waals surface area contributed by atoms with Gasteiger partial charge in [0.1, 0.15) is 0 Å². The van der Waals surface area contributed by atoms with Gasteiger partial charge in [0.25, 0.3) is 0 Å². The summed E-state index contributed by atoms with van der Waals surface area (Å²) in [5.74, 6) is 1.52. The highest BCUT2D eigenvalue weighted by atomic mass is 35.5. The van der Waals surface area contributed by atoms with Crippen LogP contribution in [0.1, 0.15) is 57.8 Å². The maximum Gasteiger partial charge on any atom is 0.227 e. The van der Waals surface area contributed by atoms with Gasteiger partial charge < -0.3 is 10.2 Å². The monoisotopic (exact) mass is 300 g/mol. The van der Waals surface area contributed by atoms with Gasteiger partial charge in [-0.25, -0.2) is 0 Å². The van der Waals surface area contributed by atoms with Crippen LogP contribution in [0.15, 0.2) is 0 Å². The average Bonchev–Trinajstić information content (AvgIpc) is 2.98. The highest BCUT2D eigenvalue weighted by Crippen LogP contribution is 2.35. The van der Waals surface area contributed by atoms with Gasteiger partial charge in [0, 0.05) is 19.1 Å². The molecule has 0 aromatic heterocycles. The second-order valence-electron chi connectivity index (χ2n) is 6.68. The Morgan fingerprint density at radius 2 is 1.75 bits per heavy atom. The number of nitrogens with zero attached hydrogens (tertiary/aromatic N) is 1. The Morgan fingerprint density at radius 3 is 2.45 bits per heavy atom. The fraction of sp³-hybridized carbons (Fsp3) is 0.938. The summed E-state index contributed by atoms with van der Waals surface area (Å²) < 4.78 is 0. The molecule has 3 rings (SSSR count). The molecule has 1 aliphatic carbocycles. The third kappa shape index (κ3) is 3.48. The number of carbonyl (C=O) groups excluding carboxylic acids is 1. The van der Waals surface area contributed by atoms with Crippen LogP contribution in [0.5, 0.6) is 0 Å². The Balaban J connectivity index is 0.00000147. The summed E-state index contributed by atoms with van der Waals surface area (Å²) in [5.41, 5.74) is 0. The zero-order valence-corrected chi connectivity index (χ0v) is 13.3. The Hall–Kier alpha value is -0.280. The van der Waals surface area contributed by atoms with Crippen molar-refractivity contribution < 1.29 is 4.79 Å². The largest absolute Gasteiger partial charge is 0.339 e. The lowest BCUT2D eigenvalue weighted by atomic mass is 9.82. The molecule has 4 heteroatoms. The van der Waals surface area contributed by atoms with Gasteiger partial charge in [0.2, 0.25) is 5.91 Å². The van der Waals surface area contributed by atoms with E-state index in [0.29, 0.717) is 11.9 Å². The van der Waals surface area contributed by atoms with Crippen LogP contribution in [0.4, 0.5) is 0 Å². The number of likely N-dealkylation sites (tertiary alicyclic amines) is 1. The smallest absolute Gasteiger partial charge is 0.227 e. The van der Waals surface area contributed by atoms with Crippen LogP contribution >= 0.6 is 12.4 Å². The van der Waals surface area contributed by atoms with Crippen molar-refractivity contribution in [2.24, 2.45) is 11.8 Å². The molecule has 0 aromatic carbocycles. The predicted octanol–water partition coefficient (Wildman–Crippen LogP) is 2.98. The first kappa shape index (κ1) is 16.1. The van der Waals surface area contributed by atoms with E-state index in [1.807, 2.05) is 0 Å². The number of nitrogens with one attached hydrogen (secondary N) is 1. The van der Waals surface area contributed by atoms with Crippen molar-refractivity contribution in [3.8, 4) is 0 Å². The minimum absolute atomic E-state index is 0. The van der Waals surface area contributed by atoms with E-state index in [9.17, 15) is 4.79 Å². The summed E-state index contributed by atoms with van der Waals surface area (Å²) in [4.78, 5) is 15.0. The van der Waals surface area contributed by atoms with Crippen LogP contribution in [-0.2, 0) is 4.79 Å². The molecule has 1 saturated carbocycles. The van der Waals surface area contributed by atoms with E-state index < -0.39 is 0 Å². The van der Waals surface area contributed by atoms with E-state index in [0.717, 1.165) is 32.0 Å². The van der Waals surface area contributed by atoms with E-state index in [2.05, 4.69) is 10.2 Å². The molecule has 2 saturated heterocycles. The average molecular weight is 301 g/mol. The second-order valence-corrected chi connectivity index (χ2v) is 6.68. The highest BCUT2D eigenvalue weighted by molar-refractivity contribution is 5.85. The second kappa shape index (κ2) is 7.65. The van der Waals surface area contributed by atoms with Gasteiger partial charge in [0.15, 0.2) is 0 Å². The van der Waals surface area contributed by atoms with Gasteiger partial charge in [-0.15, -0.1) is 12.4 Å². The van der Waals surface area contributed by atoms with E-state index in [-0.39, 0.29) is 18.3 Å². The van der Waals surface area contributed by atoms with Crippen molar-refractivity contribution in [3.05, 3.63) is 0 Å². The third-order valence-electron chi connectivity index (χ3n) is 5.42. The topological polar surface area (TPSA) is 32.3 Å². The van der Waals surface area contributed by atoms with Crippen LogP contribution in [0.3, 0.4) is 0 Å². The molecule has 2 unspecified atom stereocenters. The van der Waals surface area contributed by atoms with E-state index in [1.54, 1.807) is 0 Å². The molecular formula is C16H29ClN2O. The van der Waals surface area contributed by atoms with Crippen LogP contribution in [0.25, 0.3) is 0 Å². The van der Waals surface area contributed by atoms with Crippen LogP contribution in [0, 0.1) is 11.8 Å². The molecule has 3 nitrogen and oxygen atoms in total. The lowest BCUT2D eigenvalue weighted by Crippen LogP contribution is -2.47. The lowest BCUT2D eigenvalue weighted by Gasteiger charge is -2.36. The first-order chi connectivity index (χ1) is 9.36. The molecule has 0 aromatic rings.